The Morgan fingerprint density at radius 3 is 2.74 bits per heavy atom. The minimum atomic E-state index is -0.333. The van der Waals surface area contributed by atoms with Crippen LogP contribution in [0.15, 0.2) is 6.20 Å². The van der Waals surface area contributed by atoms with E-state index in [-0.39, 0.29) is 16.7 Å². The van der Waals surface area contributed by atoms with E-state index < -0.39 is 0 Å². The Bertz CT molecular complexity index is 446. The first kappa shape index (κ1) is 15.7. The van der Waals surface area contributed by atoms with E-state index in [0.717, 1.165) is 0 Å². The molecule has 0 atom stereocenters. The highest BCUT2D eigenvalue weighted by Crippen LogP contribution is 2.15. The van der Waals surface area contributed by atoms with E-state index >= 15 is 0 Å². The monoisotopic (exact) mass is 286 g/mol. The van der Waals surface area contributed by atoms with E-state index in [4.69, 9.17) is 16.3 Å². The summed E-state index contributed by atoms with van der Waals surface area (Å²) >= 11 is 5.74. The predicted molar refractivity (Wildman–Crippen MR) is 74.6 cm³/mol. The summed E-state index contributed by atoms with van der Waals surface area (Å²) in [6, 6.07) is 0. The number of carbonyl (C=O) groups excluding carboxylic acids is 1. The molecule has 0 unspecified atom stereocenters. The quantitative estimate of drug-likeness (QED) is 0.637. The van der Waals surface area contributed by atoms with Crippen LogP contribution < -0.4 is 10.6 Å². The van der Waals surface area contributed by atoms with Crippen molar-refractivity contribution in [2.45, 2.75) is 26.3 Å². The third-order valence-electron chi connectivity index (χ3n) is 2.09. The minimum absolute atomic E-state index is 0.0900. The largest absolute Gasteiger partial charge is 0.383 e. The zero-order valence-corrected chi connectivity index (χ0v) is 12.3. The van der Waals surface area contributed by atoms with Gasteiger partial charge < -0.3 is 15.4 Å². The Morgan fingerprint density at radius 1 is 1.47 bits per heavy atom. The SMILES string of the molecule is COCCNc1nc(Cl)ncc1C(=O)NC(C)(C)C. The first-order valence-corrected chi connectivity index (χ1v) is 6.29. The summed E-state index contributed by atoms with van der Waals surface area (Å²) in [5.41, 5.74) is 0.0241. The van der Waals surface area contributed by atoms with Gasteiger partial charge in [0.25, 0.3) is 5.91 Å². The lowest BCUT2D eigenvalue weighted by molar-refractivity contribution is 0.0919. The number of anilines is 1. The second-order valence-electron chi connectivity index (χ2n) is 5.03. The first-order valence-electron chi connectivity index (χ1n) is 5.91. The number of amides is 1. The molecule has 0 aromatic carbocycles. The van der Waals surface area contributed by atoms with Crippen LogP contribution in [0.5, 0.6) is 0 Å². The Hall–Kier alpha value is -1.40. The maximum absolute atomic E-state index is 12.1. The van der Waals surface area contributed by atoms with Gasteiger partial charge in [-0.1, -0.05) is 0 Å². The Balaban J connectivity index is 2.89. The number of nitrogens with zero attached hydrogens (tertiary/aromatic N) is 2. The van der Waals surface area contributed by atoms with Crippen LogP contribution in [0.1, 0.15) is 31.1 Å². The smallest absolute Gasteiger partial charge is 0.257 e. The topological polar surface area (TPSA) is 76.1 Å². The molecule has 19 heavy (non-hydrogen) atoms. The number of halogens is 1. The van der Waals surface area contributed by atoms with Gasteiger partial charge in [-0.2, -0.15) is 4.98 Å². The van der Waals surface area contributed by atoms with Gasteiger partial charge in [-0.15, -0.1) is 0 Å². The third-order valence-corrected chi connectivity index (χ3v) is 2.27. The zero-order chi connectivity index (χ0) is 14.5. The highest BCUT2D eigenvalue weighted by molar-refractivity contribution is 6.28. The van der Waals surface area contributed by atoms with Crippen molar-refractivity contribution in [2.75, 3.05) is 25.6 Å². The van der Waals surface area contributed by atoms with Gasteiger partial charge in [0.1, 0.15) is 11.4 Å². The van der Waals surface area contributed by atoms with E-state index in [1.54, 1.807) is 7.11 Å². The van der Waals surface area contributed by atoms with Crippen LogP contribution in [0.4, 0.5) is 5.82 Å². The highest BCUT2D eigenvalue weighted by atomic mass is 35.5. The average Bonchev–Trinajstić information content (AvgIpc) is 2.27. The fraction of sp³-hybridized carbons (Fsp3) is 0.583. The number of ether oxygens (including phenoxy) is 1. The van der Waals surface area contributed by atoms with Crippen LogP contribution in [-0.2, 0) is 4.74 Å². The highest BCUT2D eigenvalue weighted by Gasteiger charge is 2.19. The van der Waals surface area contributed by atoms with Crippen LogP contribution >= 0.6 is 11.6 Å². The van der Waals surface area contributed by atoms with E-state index in [9.17, 15) is 4.79 Å². The molecule has 1 rings (SSSR count). The number of methoxy groups -OCH3 is 1. The molecule has 0 aliphatic rings. The van der Waals surface area contributed by atoms with Crippen LogP contribution in [0.2, 0.25) is 5.28 Å². The van der Waals surface area contributed by atoms with Gasteiger partial charge in [0.2, 0.25) is 5.28 Å². The lowest BCUT2D eigenvalue weighted by Crippen LogP contribution is -2.41. The van der Waals surface area contributed by atoms with Crippen molar-refractivity contribution < 1.29 is 9.53 Å². The number of nitrogens with one attached hydrogen (secondary N) is 2. The van der Waals surface area contributed by atoms with E-state index in [0.29, 0.717) is 24.5 Å². The summed E-state index contributed by atoms with van der Waals surface area (Å²) in [4.78, 5) is 20.0. The molecule has 6 nitrogen and oxygen atoms in total. The number of hydrogen-bond donors (Lipinski definition) is 2. The summed E-state index contributed by atoms with van der Waals surface area (Å²) in [5, 5.41) is 5.94. The van der Waals surface area contributed by atoms with Crippen LogP contribution in [0.3, 0.4) is 0 Å². The lowest BCUT2D eigenvalue weighted by Gasteiger charge is -2.21. The molecule has 2 N–H and O–H groups in total. The standard InChI is InChI=1S/C12H19ClN4O2/c1-12(2,3)17-10(18)8-7-15-11(13)16-9(8)14-5-6-19-4/h7H,5-6H2,1-4H3,(H,17,18)(H,14,15,16). The van der Waals surface area contributed by atoms with Crippen LogP contribution in [0, 0.1) is 0 Å². The summed E-state index contributed by atoms with van der Waals surface area (Å²) < 4.78 is 4.94. The fourth-order valence-corrected chi connectivity index (χ4v) is 1.47. The molecular formula is C12H19ClN4O2. The van der Waals surface area contributed by atoms with Crippen LogP contribution in [-0.4, -0.2) is 41.7 Å². The molecule has 0 aliphatic carbocycles. The normalized spacial score (nSPS) is 11.2. The second kappa shape index (κ2) is 6.68. The summed E-state index contributed by atoms with van der Waals surface area (Å²) in [5.74, 6) is 0.155. The summed E-state index contributed by atoms with van der Waals surface area (Å²) in [6.45, 7) is 6.74. The van der Waals surface area contributed by atoms with Crippen molar-refractivity contribution in [2.24, 2.45) is 0 Å². The molecule has 0 saturated carbocycles. The van der Waals surface area contributed by atoms with Crippen molar-refractivity contribution in [3.63, 3.8) is 0 Å². The zero-order valence-electron chi connectivity index (χ0n) is 11.6. The van der Waals surface area contributed by atoms with Crippen molar-refractivity contribution >= 4 is 23.3 Å². The van der Waals surface area contributed by atoms with Crippen molar-refractivity contribution in [3.05, 3.63) is 17.0 Å². The van der Waals surface area contributed by atoms with Crippen molar-refractivity contribution in [1.29, 1.82) is 0 Å². The molecule has 7 heteroatoms. The number of aromatic nitrogens is 2. The van der Waals surface area contributed by atoms with Gasteiger partial charge in [0.15, 0.2) is 0 Å². The molecule has 0 bridgehead atoms. The molecule has 0 fully saturated rings. The molecule has 0 aliphatic heterocycles. The van der Waals surface area contributed by atoms with Gasteiger partial charge in [-0.3, -0.25) is 4.79 Å². The van der Waals surface area contributed by atoms with Gasteiger partial charge >= 0.3 is 0 Å². The molecule has 0 spiro atoms. The molecule has 106 valence electrons. The van der Waals surface area contributed by atoms with E-state index in [2.05, 4.69) is 20.6 Å². The van der Waals surface area contributed by atoms with Gasteiger partial charge in [0.05, 0.1) is 6.61 Å². The average molecular weight is 287 g/mol. The third kappa shape index (κ3) is 5.40. The number of carbonyl (C=O) groups is 1. The summed E-state index contributed by atoms with van der Waals surface area (Å²) in [6.07, 6.45) is 1.41. The number of hydrogen-bond acceptors (Lipinski definition) is 5. The first-order chi connectivity index (χ1) is 8.83. The van der Waals surface area contributed by atoms with Gasteiger partial charge in [-0.25, -0.2) is 4.98 Å². The van der Waals surface area contributed by atoms with Gasteiger partial charge in [-0.05, 0) is 32.4 Å². The lowest BCUT2D eigenvalue weighted by atomic mass is 10.1. The Morgan fingerprint density at radius 2 is 2.16 bits per heavy atom. The molecule has 1 heterocycles. The van der Waals surface area contributed by atoms with E-state index in [1.807, 2.05) is 20.8 Å². The maximum atomic E-state index is 12.1. The van der Waals surface area contributed by atoms with Crippen LogP contribution in [0.25, 0.3) is 0 Å². The van der Waals surface area contributed by atoms with Crippen molar-refractivity contribution in [1.82, 2.24) is 15.3 Å². The van der Waals surface area contributed by atoms with Gasteiger partial charge in [0, 0.05) is 25.4 Å². The fourth-order valence-electron chi connectivity index (χ4n) is 1.34. The molecular weight excluding hydrogens is 268 g/mol. The molecule has 1 amide bonds. The summed E-state index contributed by atoms with van der Waals surface area (Å²) in [7, 11) is 1.60. The molecule has 0 radical (unpaired) electrons. The molecule has 1 aromatic rings. The molecule has 1 aromatic heterocycles. The minimum Gasteiger partial charge on any atom is -0.383 e. The van der Waals surface area contributed by atoms with Crippen molar-refractivity contribution in [3.8, 4) is 0 Å². The Kier molecular flexibility index (Phi) is 5.50. The Labute approximate surface area is 117 Å². The second-order valence-corrected chi connectivity index (χ2v) is 5.36. The van der Waals surface area contributed by atoms with E-state index in [1.165, 1.54) is 6.20 Å². The maximum Gasteiger partial charge on any atom is 0.257 e. The molecule has 0 saturated heterocycles. The number of rotatable bonds is 5. The predicted octanol–water partition coefficient (Wildman–Crippen LogP) is 1.72.